The van der Waals surface area contributed by atoms with Gasteiger partial charge in [-0.3, -0.25) is 0 Å². The fraction of sp³-hybridized carbons (Fsp3) is 0.833. The van der Waals surface area contributed by atoms with E-state index in [4.69, 9.17) is 14.9 Å². The highest BCUT2D eigenvalue weighted by Gasteiger charge is 2.11. The molecular weight excluding hydrogens is 152 g/mol. The van der Waals surface area contributed by atoms with Crippen LogP contribution in [-0.2, 0) is 14.3 Å². The highest BCUT2D eigenvalue weighted by atomic mass is 16.6. The molecule has 5 nitrogen and oxygen atoms in total. The van der Waals surface area contributed by atoms with Gasteiger partial charge in [0.1, 0.15) is 0 Å². The van der Waals surface area contributed by atoms with Crippen molar-refractivity contribution in [3.63, 3.8) is 0 Å². The van der Waals surface area contributed by atoms with Crippen molar-refractivity contribution in [3.05, 3.63) is 0 Å². The van der Waals surface area contributed by atoms with Gasteiger partial charge in [-0.1, -0.05) is 0 Å². The van der Waals surface area contributed by atoms with Gasteiger partial charge in [0.15, 0.2) is 0 Å². The minimum Gasteiger partial charge on any atom is -0.477 e. The molecule has 0 rings (SSSR count). The number of aliphatic hydroxyl groups excluding tert-OH is 1. The van der Waals surface area contributed by atoms with Crippen molar-refractivity contribution in [2.24, 2.45) is 0 Å². The molecule has 0 fully saturated rings. The van der Waals surface area contributed by atoms with E-state index in [1.54, 1.807) is 0 Å². The molecule has 0 aromatic heterocycles. The van der Waals surface area contributed by atoms with Gasteiger partial charge in [-0.05, 0) is 6.92 Å². The zero-order valence-electron chi connectivity index (χ0n) is 6.32. The second-order valence-electron chi connectivity index (χ2n) is 1.76. The molecule has 0 aliphatic rings. The fourth-order valence-electron chi connectivity index (χ4n) is 0.434. The van der Waals surface area contributed by atoms with Crippen molar-refractivity contribution >= 4 is 5.97 Å². The molecule has 0 amide bonds. The van der Waals surface area contributed by atoms with Crippen LogP contribution in [0.3, 0.4) is 0 Å². The van der Waals surface area contributed by atoms with Gasteiger partial charge in [0.2, 0.25) is 0 Å². The summed E-state index contributed by atoms with van der Waals surface area (Å²) in [5.41, 5.74) is 0. The maximum Gasteiger partial charge on any atom is 0.360 e. The molecule has 11 heavy (non-hydrogen) atoms. The molecule has 0 saturated heterocycles. The lowest BCUT2D eigenvalue weighted by Crippen LogP contribution is -2.24. The smallest absolute Gasteiger partial charge is 0.360 e. The average Bonchev–Trinajstić information content (AvgIpc) is 1.97. The van der Waals surface area contributed by atoms with Crippen molar-refractivity contribution in [1.82, 2.24) is 0 Å². The number of aliphatic carboxylic acids is 1. The van der Waals surface area contributed by atoms with Gasteiger partial charge in [-0.15, -0.1) is 0 Å². The minimum atomic E-state index is -1.74. The third-order valence-electron chi connectivity index (χ3n) is 0.919. The second-order valence-corrected chi connectivity index (χ2v) is 1.76. The van der Waals surface area contributed by atoms with E-state index in [9.17, 15) is 4.79 Å². The Morgan fingerprint density at radius 3 is 2.64 bits per heavy atom. The molecule has 66 valence electrons. The summed E-state index contributed by atoms with van der Waals surface area (Å²) in [6.07, 6.45) is -1.74. The molecule has 5 heteroatoms. The zero-order valence-corrected chi connectivity index (χ0v) is 6.32. The third kappa shape index (κ3) is 5.78. The summed E-state index contributed by atoms with van der Waals surface area (Å²) in [5.74, 6) is -1.39. The first-order chi connectivity index (χ1) is 5.18. The molecule has 0 heterocycles. The summed E-state index contributed by atoms with van der Waals surface area (Å²) in [5, 5.41) is 16.7. The third-order valence-corrected chi connectivity index (χ3v) is 0.919. The number of hydrogen-bond acceptors (Lipinski definition) is 4. The first kappa shape index (κ1) is 10.3. The Morgan fingerprint density at radius 1 is 1.55 bits per heavy atom. The molecule has 0 aliphatic carbocycles. The predicted octanol–water partition coefficient (Wildman–Crippen LogP) is -0.558. The molecule has 0 saturated carbocycles. The van der Waals surface area contributed by atoms with Crippen molar-refractivity contribution in [2.45, 2.75) is 13.2 Å². The number of ether oxygens (including phenoxy) is 2. The SMILES string of the molecule is CCOCCOC(O)C(=O)O. The van der Waals surface area contributed by atoms with Crippen LogP contribution in [0.25, 0.3) is 0 Å². The van der Waals surface area contributed by atoms with Crippen molar-refractivity contribution in [3.8, 4) is 0 Å². The first-order valence-electron chi connectivity index (χ1n) is 3.28. The van der Waals surface area contributed by atoms with Crippen LogP contribution < -0.4 is 0 Å². The standard InChI is InChI=1S/C6H12O5/c1-2-10-3-4-11-6(9)5(7)8/h6,9H,2-4H2,1H3,(H,7,8). The Labute approximate surface area is 64.5 Å². The van der Waals surface area contributed by atoms with Crippen LogP contribution >= 0.6 is 0 Å². The molecule has 2 N–H and O–H groups in total. The summed E-state index contributed by atoms with van der Waals surface area (Å²) in [6.45, 7) is 2.74. The van der Waals surface area contributed by atoms with Crippen LogP contribution in [0, 0.1) is 0 Å². The minimum absolute atomic E-state index is 0.0846. The molecule has 0 spiro atoms. The van der Waals surface area contributed by atoms with Gasteiger partial charge < -0.3 is 19.7 Å². The van der Waals surface area contributed by atoms with E-state index in [0.717, 1.165) is 0 Å². The number of aliphatic hydroxyl groups is 1. The number of carbonyl (C=O) groups is 1. The molecule has 0 aromatic rings. The van der Waals surface area contributed by atoms with Gasteiger partial charge in [0, 0.05) is 6.61 Å². The molecule has 1 atom stereocenters. The number of hydrogen-bond donors (Lipinski definition) is 2. The van der Waals surface area contributed by atoms with E-state index < -0.39 is 12.3 Å². The van der Waals surface area contributed by atoms with Crippen LogP contribution in [0.5, 0.6) is 0 Å². The fourth-order valence-corrected chi connectivity index (χ4v) is 0.434. The normalized spacial score (nSPS) is 12.9. The van der Waals surface area contributed by atoms with Gasteiger partial charge >= 0.3 is 5.97 Å². The largest absolute Gasteiger partial charge is 0.477 e. The quantitative estimate of drug-likeness (QED) is 0.406. The van der Waals surface area contributed by atoms with E-state index in [2.05, 4.69) is 4.74 Å². The lowest BCUT2D eigenvalue weighted by molar-refractivity contribution is -0.178. The van der Waals surface area contributed by atoms with Crippen LogP contribution in [0.4, 0.5) is 0 Å². The Bertz CT molecular complexity index is 114. The maximum atomic E-state index is 9.95. The van der Waals surface area contributed by atoms with Crippen LogP contribution in [0.1, 0.15) is 6.92 Å². The molecule has 0 radical (unpaired) electrons. The Morgan fingerprint density at radius 2 is 2.18 bits per heavy atom. The van der Waals surface area contributed by atoms with E-state index in [0.29, 0.717) is 13.2 Å². The number of carboxylic acid groups (broad SMARTS) is 1. The van der Waals surface area contributed by atoms with E-state index in [1.165, 1.54) is 0 Å². The van der Waals surface area contributed by atoms with Gasteiger partial charge in [0.25, 0.3) is 6.29 Å². The Hall–Kier alpha value is -0.650. The van der Waals surface area contributed by atoms with Gasteiger partial charge in [-0.2, -0.15) is 0 Å². The Kier molecular flexibility index (Phi) is 5.73. The highest BCUT2D eigenvalue weighted by molar-refractivity contribution is 5.70. The molecule has 0 aliphatic heterocycles. The lowest BCUT2D eigenvalue weighted by atomic mass is 10.6. The van der Waals surface area contributed by atoms with E-state index >= 15 is 0 Å². The van der Waals surface area contributed by atoms with Crippen LogP contribution in [0.2, 0.25) is 0 Å². The Balaban J connectivity index is 3.17. The summed E-state index contributed by atoms with van der Waals surface area (Å²) < 4.78 is 9.27. The average molecular weight is 164 g/mol. The monoisotopic (exact) mass is 164 g/mol. The molecule has 0 aromatic carbocycles. The zero-order chi connectivity index (χ0) is 8.69. The summed E-state index contributed by atoms with van der Waals surface area (Å²) in [7, 11) is 0. The number of carboxylic acids is 1. The van der Waals surface area contributed by atoms with Crippen molar-refractivity contribution in [1.29, 1.82) is 0 Å². The summed E-state index contributed by atoms with van der Waals surface area (Å²) in [6, 6.07) is 0. The van der Waals surface area contributed by atoms with E-state index in [1.807, 2.05) is 6.92 Å². The topological polar surface area (TPSA) is 76.0 Å². The summed E-state index contributed by atoms with van der Waals surface area (Å²) in [4.78, 5) is 9.95. The van der Waals surface area contributed by atoms with Crippen molar-refractivity contribution < 1.29 is 24.5 Å². The highest BCUT2D eigenvalue weighted by Crippen LogP contribution is 1.86. The predicted molar refractivity (Wildman–Crippen MR) is 36.1 cm³/mol. The van der Waals surface area contributed by atoms with E-state index in [-0.39, 0.29) is 6.61 Å². The van der Waals surface area contributed by atoms with Gasteiger partial charge in [0.05, 0.1) is 13.2 Å². The molecule has 0 bridgehead atoms. The lowest BCUT2D eigenvalue weighted by Gasteiger charge is -2.06. The molecule has 1 unspecified atom stereocenters. The first-order valence-corrected chi connectivity index (χ1v) is 3.28. The van der Waals surface area contributed by atoms with Crippen molar-refractivity contribution in [2.75, 3.05) is 19.8 Å². The maximum absolute atomic E-state index is 9.95. The van der Waals surface area contributed by atoms with Crippen LogP contribution in [0.15, 0.2) is 0 Å². The summed E-state index contributed by atoms with van der Waals surface area (Å²) >= 11 is 0. The number of rotatable bonds is 6. The van der Waals surface area contributed by atoms with Gasteiger partial charge in [-0.25, -0.2) is 4.79 Å². The van der Waals surface area contributed by atoms with Crippen LogP contribution in [-0.4, -0.2) is 42.3 Å². The molecular formula is C6H12O5. The second kappa shape index (κ2) is 6.09.